The molecule has 52 heavy (non-hydrogen) atoms. The van der Waals surface area contributed by atoms with Crippen molar-refractivity contribution in [3.8, 4) is 16.9 Å². The molecule has 1 aliphatic heterocycles. The van der Waals surface area contributed by atoms with E-state index in [0.29, 0.717) is 17.0 Å². The zero-order valence-electron chi connectivity index (χ0n) is 28.4. The molecular weight excluding hydrogens is 714 g/mol. The minimum Gasteiger partial charge on any atom is -0.490 e. The summed E-state index contributed by atoms with van der Waals surface area (Å²) in [5.41, 5.74) is 2.88. The first-order chi connectivity index (χ1) is 24.9. The molecule has 2 saturated carbocycles. The Kier molecular flexibility index (Phi) is 12.0. The van der Waals surface area contributed by atoms with Gasteiger partial charge in [0.2, 0.25) is 15.9 Å². The second-order valence-corrected chi connectivity index (χ2v) is 16.0. The highest BCUT2D eigenvalue weighted by atomic mass is 35.5. The summed E-state index contributed by atoms with van der Waals surface area (Å²) >= 11 is 6.55. The molecule has 1 amide bonds. The summed E-state index contributed by atoms with van der Waals surface area (Å²) in [6.07, 6.45) is 3.96. The van der Waals surface area contributed by atoms with Gasteiger partial charge in [0.25, 0.3) is 0 Å². The van der Waals surface area contributed by atoms with E-state index >= 15 is 0 Å². The molecule has 3 aliphatic rings. The van der Waals surface area contributed by atoms with Crippen molar-refractivity contribution in [2.24, 2.45) is 5.92 Å². The molecule has 15 heteroatoms. The van der Waals surface area contributed by atoms with Crippen molar-refractivity contribution in [3.05, 3.63) is 89.2 Å². The number of aromatic nitrogens is 1. The first-order valence-corrected chi connectivity index (χ1v) is 19.1. The largest absolute Gasteiger partial charge is 0.490 e. The Morgan fingerprint density at radius 2 is 1.77 bits per heavy atom. The maximum absolute atomic E-state index is 13.5. The fourth-order valence-electron chi connectivity index (χ4n) is 6.13. The maximum atomic E-state index is 13.5. The van der Waals surface area contributed by atoms with Crippen LogP contribution in [0.15, 0.2) is 78.0 Å². The van der Waals surface area contributed by atoms with Crippen LogP contribution in [0.25, 0.3) is 11.1 Å². The van der Waals surface area contributed by atoms with Gasteiger partial charge in [-0.1, -0.05) is 35.9 Å². The lowest BCUT2D eigenvalue weighted by atomic mass is 9.96. The van der Waals surface area contributed by atoms with Gasteiger partial charge in [0, 0.05) is 48.2 Å². The number of rotatable bonds is 18. The molecule has 1 saturated heterocycles. The highest BCUT2D eigenvalue weighted by molar-refractivity contribution is 7.89. The summed E-state index contributed by atoms with van der Waals surface area (Å²) in [5, 5.41) is 50.5. The van der Waals surface area contributed by atoms with Crippen LogP contribution in [0.4, 0.5) is 0 Å². The minimum atomic E-state index is -3.81. The Hall–Kier alpha value is -3.44. The molecule has 3 aromatic rings. The van der Waals surface area contributed by atoms with E-state index in [1.54, 1.807) is 24.4 Å². The minimum absolute atomic E-state index is 0.0142. The van der Waals surface area contributed by atoms with Gasteiger partial charge in [-0.2, -0.15) is 4.31 Å². The second kappa shape index (κ2) is 16.3. The van der Waals surface area contributed by atoms with Gasteiger partial charge in [-0.3, -0.25) is 9.78 Å². The number of carbonyl (C=O) groups is 1. The molecule has 2 aliphatic carbocycles. The predicted octanol–water partition coefficient (Wildman–Crippen LogP) is 2.27. The Bertz CT molecular complexity index is 1860. The zero-order chi connectivity index (χ0) is 37.0. The van der Waals surface area contributed by atoms with Crippen LogP contribution in [0.5, 0.6) is 5.75 Å². The van der Waals surface area contributed by atoms with Crippen molar-refractivity contribution in [2.45, 2.75) is 79.7 Å². The van der Waals surface area contributed by atoms with Crippen LogP contribution in [0, 0.1) is 5.92 Å². The van der Waals surface area contributed by atoms with Crippen molar-refractivity contribution in [1.82, 2.24) is 14.6 Å². The number of amides is 1. The maximum Gasteiger partial charge on any atom is 0.243 e. The van der Waals surface area contributed by atoms with Gasteiger partial charge in [0.15, 0.2) is 0 Å². The number of pyridine rings is 1. The van der Waals surface area contributed by atoms with E-state index in [4.69, 9.17) is 26.2 Å². The molecule has 4 unspecified atom stereocenters. The standard InChI is InChI=1S/C37H44ClN3O10S/c38-30-11-10-26(52(48,49)41-19-23(20-41)4-3-7-34(45)40-18-31(43)35(46)36(47)32(44)21-42)16-24(30)22-50-37(13-14-37)29-17-39-15-12-27(29)28-5-1-2-6-33(28)51-25-8-9-25/h1-3,5-7,10-12,15-17,23,25,31-32,35-36,42-44,46-47H,4,8-9,13-14,18-22H2,(H,40,45)/b7-3+. The zero-order valence-corrected chi connectivity index (χ0v) is 30.0. The number of benzene rings is 2. The first-order valence-electron chi connectivity index (χ1n) is 17.3. The summed E-state index contributed by atoms with van der Waals surface area (Å²) in [5.74, 6) is 0.247. The van der Waals surface area contributed by atoms with E-state index in [-0.39, 0.29) is 36.6 Å². The molecule has 2 aromatic carbocycles. The lowest BCUT2D eigenvalue weighted by Gasteiger charge is -2.37. The van der Waals surface area contributed by atoms with Crippen LogP contribution < -0.4 is 10.1 Å². The average Bonchev–Trinajstić information content (AvgIpc) is 4.08. The van der Waals surface area contributed by atoms with Crippen molar-refractivity contribution in [2.75, 3.05) is 26.2 Å². The van der Waals surface area contributed by atoms with Crippen molar-refractivity contribution in [3.63, 3.8) is 0 Å². The quantitative estimate of drug-likeness (QED) is 0.104. The van der Waals surface area contributed by atoms with Crippen LogP contribution in [-0.2, 0) is 31.8 Å². The SMILES string of the molecule is O=C(/C=C/CC1CN(S(=O)(=O)c2ccc(Cl)c(COC3(c4cnccc4-c4ccccc4OC4CC4)CC3)c2)C1)NCC(O)C(O)C(O)C(O)CO. The number of allylic oxidation sites excluding steroid dienone is 1. The molecule has 0 spiro atoms. The summed E-state index contributed by atoms with van der Waals surface area (Å²) < 4.78 is 41.1. The predicted molar refractivity (Wildman–Crippen MR) is 191 cm³/mol. The van der Waals surface area contributed by atoms with Crippen molar-refractivity contribution < 1.29 is 48.2 Å². The Morgan fingerprint density at radius 3 is 2.48 bits per heavy atom. The number of para-hydroxylation sites is 1. The number of aliphatic hydroxyl groups excluding tert-OH is 5. The van der Waals surface area contributed by atoms with Crippen LogP contribution >= 0.6 is 11.6 Å². The molecule has 280 valence electrons. The molecule has 6 N–H and O–H groups in total. The van der Waals surface area contributed by atoms with Gasteiger partial charge < -0.3 is 40.3 Å². The highest BCUT2D eigenvalue weighted by Crippen LogP contribution is 2.53. The van der Waals surface area contributed by atoms with Gasteiger partial charge in [-0.25, -0.2) is 8.42 Å². The highest BCUT2D eigenvalue weighted by Gasteiger charge is 2.48. The van der Waals surface area contributed by atoms with E-state index in [9.17, 15) is 33.6 Å². The number of sulfonamides is 1. The summed E-state index contributed by atoms with van der Waals surface area (Å²) in [6.45, 7) is -0.584. The molecule has 13 nitrogen and oxygen atoms in total. The third-order valence-electron chi connectivity index (χ3n) is 9.64. The van der Waals surface area contributed by atoms with Crippen molar-refractivity contribution >= 4 is 27.5 Å². The van der Waals surface area contributed by atoms with Crippen LogP contribution in [0.1, 0.15) is 43.2 Å². The molecule has 6 rings (SSSR count). The van der Waals surface area contributed by atoms with Crippen LogP contribution in [0.3, 0.4) is 0 Å². The number of carbonyl (C=O) groups excluding carboxylic acids is 1. The molecule has 0 bridgehead atoms. The number of hydrogen-bond donors (Lipinski definition) is 6. The third kappa shape index (κ3) is 8.84. The molecule has 1 aromatic heterocycles. The van der Waals surface area contributed by atoms with Crippen LogP contribution in [0.2, 0.25) is 5.02 Å². The lowest BCUT2D eigenvalue weighted by Crippen LogP contribution is -2.49. The second-order valence-electron chi connectivity index (χ2n) is 13.6. The Morgan fingerprint density at radius 1 is 1.04 bits per heavy atom. The van der Waals surface area contributed by atoms with E-state index in [1.165, 1.54) is 16.4 Å². The van der Waals surface area contributed by atoms with E-state index in [2.05, 4.69) is 10.3 Å². The third-order valence-corrected chi connectivity index (χ3v) is 11.8. The monoisotopic (exact) mass is 757 g/mol. The topological polar surface area (TPSA) is 199 Å². The van der Waals surface area contributed by atoms with E-state index in [1.807, 2.05) is 36.5 Å². The lowest BCUT2D eigenvalue weighted by molar-refractivity contribution is -0.122. The Balaban J connectivity index is 1.02. The molecular formula is C37H44ClN3O10S. The molecule has 4 atom stereocenters. The molecule has 3 fully saturated rings. The van der Waals surface area contributed by atoms with Gasteiger partial charge >= 0.3 is 0 Å². The van der Waals surface area contributed by atoms with Gasteiger partial charge in [-0.15, -0.1) is 0 Å². The summed E-state index contributed by atoms with van der Waals surface area (Å²) in [7, 11) is -3.81. The first kappa shape index (κ1) is 38.3. The number of nitrogens with one attached hydrogen (secondary N) is 1. The number of ether oxygens (including phenoxy) is 2. The van der Waals surface area contributed by atoms with Gasteiger partial charge in [0.1, 0.15) is 24.1 Å². The van der Waals surface area contributed by atoms with E-state index < -0.39 is 59.1 Å². The molecule has 2 heterocycles. The Labute approximate surface area is 307 Å². The van der Waals surface area contributed by atoms with Gasteiger partial charge in [0.05, 0.1) is 35.9 Å². The summed E-state index contributed by atoms with van der Waals surface area (Å²) in [6, 6.07) is 14.5. The van der Waals surface area contributed by atoms with E-state index in [0.717, 1.165) is 48.1 Å². The fraction of sp³-hybridized carbons (Fsp3) is 0.459. The number of nitrogens with zero attached hydrogens (tertiary/aromatic N) is 2. The number of aliphatic hydroxyl groups is 5. The number of halogens is 1. The average molecular weight is 758 g/mol. The van der Waals surface area contributed by atoms with Gasteiger partial charge in [-0.05, 0) is 85.6 Å². The normalized spacial score (nSPS) is 19.8. The van der Waals surface area contributed by atoms with Crippen LogP contribution in [-0.4, -0.2) is 106 Å². The molecule has 0 radical (unpaired) electrons. The number of hydrogen-bond acceptors (Lipinski definition) is 11. The summed E-state index contributed by atoms with van der Waals surface area (Å²) in [4.78, 5) is 16.7. The van der Waals surface area contributed by atoms with Crippen molar-refractivity contribution in [1.29, 1.82) is 0 Å². The smallest absolute Gasteiger partial charge is 0.243 e. The fourth-order valence-corrected chi connectivity index (χ4v) is 7.94.